The van der Waals surface area contributed by atoms with Crippen LogP contribution < -0.4 is 26.6 Å². The van der Waals surface area contributed by atoms with Crippen LogP contribution in [0, 0.1) is 5.92 Å². The van der Waals surface area contributed by atoms with Crippen LogP contribution in [0.15, 0.2) is 24.3 Å². The lowest BCUT2D eigenvalue weighted by Gasteiger charge is -2.20. The number of alkyl carbamates (subject to hydrolysis) is 1. The Bertz CT molecular complexity index is 1760. The highest BCUT2D eigenvalue weighted by Crippen LogP contribution is 2.18. The Labute approximate surface area is 441 Å². The summed E-state index contributed by atoms with van der Waals surface area (Å²) < 4.78 is 54.3. The molecule has 0 spiro atoms. The smallest absolute Gasteiger partial charge is 0.407 e. The molecule has 0 aliphatic carbocycles. The summed E-state index contributed by atoms with van der Waals surface area (Å²) in [4.78, 5) is 85.5. The van der Waals surface area contributed by atoms with E-state index in [9.17, 15) is 43.8 Å². The van der Waals surface area contributed by atoms with Gasteiger partial charge in [0.15, 0.2) is 0 Å². The number of hydrogen-bond donors (Lipinski definition) is 7. The highest BCUT2D eigenvalue weighted by molar-refractivity contribution is 5.88. The number of nitrogens with one attached hydrogen (secondary N) is 5. The average molecular weight is 1070 g/mol. The Morgan fingerprint density at radius 3 is 1.37 bits per heavy atom. The number of benzene rings is 1. The molecule has 1 aromatic rings. The lowest BCUT2D eigenvalue weighted by atomic mass is 10.0. The zero-order valence-electron chi connectivity index (χ0n) is 45.3. The normalized spacial score (nSPS) is 12.7. The number of carboxylic acids is 1. The predicted octanol–water partition coefficient (Wildman–Crippen LogP) is 2.72. The van der Waals surface area contributed by atoms with Crippen LogP contribution in [-0.4, -0.2) is 194 Å². The molecule has 5 amide bonds. The van der Waals surface area contributed by atoms with Crippen LogP contribution in [0.5, 0.6) is 5.75 Å². The molecule has 75 heavy (non-hydrogen) atoms. The number of hydrogen-bond acceptors (Lipinski definition) is 18. The van der Waals surface area contributed by atoms with Crippen LogP contribution >= 0.6 is 0 Å². The molecule has 0 heterocycles. The van der Waals surface area contributed by atoms with Gasteiger partial charge in [0.05, 0.1) is 106 Å². The third-order valence-corrected chi connectivity index (χ3v) is 9.93. The first-order chi connectivity index (χ1) is 35.7. The Balaban J connectivity index is 2.09. The summed E-state index contributed by atoms with van der Waals surface area (Å²) in [6.45, 7) is 17.7. The molecule has 0 bridgehead atoms. The molecule has 0 radical (unpaired) electrons. The van der Waals surface area contributed by atoms with E-state index in [0.717, 1.165) is 12.8 Å². The second-order valence-corrected chi connectivity index (χ2v) is 19.0. The number of aromatic hydroxyl groups is 1. The minimum Gasteiger partial charge on any atom is -0.508 e. The zero-order valence-corrected chi connectivity index (χ0v) is 45.3. The van der Waals surface area contributed by atoms with Crippen molar-refractivity contribution in [1.82, 2.24) is 26.6 Å². The van der Waals surface area contributed by atoms with Crippen molar-refractivity contribution in [2.45, 2.75) is 117 Å². The molecule has 3 unspecified atom stereocenters. The van der Waals surface area contributed by atoms with Gasteiger partial charge in [-0.05, 0) is 78.5 Å². The standard InChI is InChI=1S/C51H87N5O19/c1-38(10-8-9-19-54-49(65)75-51(5,6)7)46(61)52-20-24-68-28-32-72-36-35-71-31-27-67-23-18-43(59)56-45(39-11-13-40(57)14-12-39)47(62)53-21-25-69-29-33-73-37-34-70-30-26-66-22-17-42(58)55-41(48(63)64)15-16-44(60)74-50(2,3)4/h11-14,38,41,45,57H,8-10,15-37H2,1-7H3,(H,52,61)(H,53,62)(H,54,65)(H,55,58)(H,56,59)(H,63,64). The second kappa shape index (κ2) is 41.0. The van der Waals surface area contributed by atoms with Gasteiger partial charge in [0.2, 0.25) is 23.6 Å². The molecular weight excluding hydrogens is 987 g/mol. The topological polar surface area (TPSA) is 312 Å². The van der Waals surface area contributed by atoms with E-state index in [4.69, 9.17) is 47.4 Å². The highest BCUT2D eigenvalue weighted by Gasteiger charge is 2.25. The van der Waals surface area contributed by atoms with Gasteiger partial charge in [0.1, 0.15) is 29.0 Å². The first-order valence-corrected chi connectivity index (χ1v) is 25.6. The number of aliphatic carboxylic acids is 1. The minimum atomic E-state index is -1.25. The highest BCUT2D eigenvalue weighted by atomic mass is 16.6. The van der Waals surface area contributed by atoms with E-state index >= 15 is 0 Å². The van der Waals surface area contributed by atoms with E-state index < -0.39 is 59.0 Å². The van der Waals surface area contributed by atoms with Gasteiger partial charge in [-0.15, -0.1) is 0 Å². The van der Waals surface area contributed by atoms with Gasteiger partial charge >= 0.3 is 18.0 Å². The number of carboxylic acid groups (broad SMARTS) is 1. The van der Waals surface area contributed by atoms with Crippen molar-refractivity contribution in [3.05, 3.63) is 29.8 Å². The molecule has 0 aliphatic heterocycles. The largest absolute Gasteiger partial charge is 0.508 e. The molecule has 0 aromatic heterocycles. The maximum absolute atomic E-state index is 13.1. The van der Waals surface area contributed by atoms with Crippen LogP contribution in [0.25, 0.3) is 0 Å². The number of amides is 5. The fourth-order valence-electron chi connectivity index (χ4n) is 6.21. The molecular formula is C51H87N5O19. The Morgan fingerprint density at radius 1 is 0.493 bits per heavy atom. The van der Waals surface area contributed by atoms with Crippen molar-refractivity contribution < 1.29 is 91.1 Å². The molecule has 0 saturated carbocycles. The van der Waals surface area contributed by atoms with Gasteiger partial charge in [0.25, 0.3) is 0 Å². The maximum Gasteiger partial charge on any atom is 0.407 e. The predicted molar refractivity (Wildman–Crippen MR) is 273 cm³/mol. The molecule has 1 rings (SSSR count). The fourth-order valence-corrected chi connectivity index (χ4v) is 6.21. The number of rotatable bonds is 44. The second-order valence-electron chi connectivity index (χ2n) is 19.0. The molecule has 3 atom stereocenters. The average Bonchev–Trinajstić information content (AvgIpc) is 3.33. The van der Waals surface area contributed by atoms with E-state index in [1.54, 1.807) is 32.9 Å². The van der Waals surface area contributed by atoms with Gasteiger partial charge in [-0.1, -0.05) is 25.5 Å². The summed E-state index contributed by atoms with van der Waals surface area (Å²) in [5, 5.41) is 32.6. The lowest BCUT2D eigenvalue weighted by Crippen LogP contribution is -2.41. The van der Waals surface area contributed by atoms with Gasteiger partial charge in [-0.25, -0.2) is 9.59 Å². The van der Waals surface area contributed by atoms with E-state index in [1.165, 1.54) is 12.1 Å². The number of phenolic OH excluding ortho intramolecular Hbond substituents is 1. The van der Waals surface area contributed by atoms with E-state index in [0.29, 0.717) is 64.7 Å². The first kappa shape index (κ1) is 67.8. The number of unbranched alkanes of at least 4 members (excludes halogenated alkanes) is 1. The first-order valence-electron chi connectivity index (χ1n) is 25.6. The van der Waals surface area contributed by atoms with Crippen molar-refractivity contribution in [2.24, 2.45) is 5.92 Å². The Morgan fingerprint density at radius 2 is 0.920 bits per heavy atom. The molecule has 1 aromatic carbocycles. The van der Waals surface area contributed by atoms with E-state index in [2.05, 4.69) is 26.6 Å². The van der Waals surface area contributed by atoms with Crippen LogP contribution in [0.3, 0.4) is 0 Å². The van der Waals surface area contributed by atoms with Crippen LogP contribution in [0.1, 0.15) is 105 Å². The summed E-state index contributed by atoms with van der Waals surface area (Å²) in [5.41, 5.74) is -0.763. The maximum atomic E-state index is 13.1. The zero-order chi connectivity index (χ0) is 55.7. The van der Waals surface area contributed by atoms with Gasteiger partial charge in [-0.3, -0.25) is 24.0 Å². The number of ether oxygens (including phenoxy) is 10. The van der Waals surface area contributed by atoms with E-state index in [-0.39, 0.29) is 116 Å². The SMILES string of the molecule is CC(CCCCNC(=O)OC(C)(C)C)C(=O)NCCOCCOCCOCCOCCC(=O)NC(C(=O)NCCOCCOCCOCCOCCC(=O)NC(CCC(=O)OC(C)(C)C)C(=O)O)c1ccc(O)cc1. The number of phenols is 1. The van der Waals surface area contributed by atoms with Crippen molar-refractivity contribution in [1.29, 1.82) is 0 Å². The number of carbonyl (C=O) groups is 7. The summed E-state index contributed by atoms with van der Waals surface area (Å²) >= 11 is 0. The van der Waals surface area contributed by atoms with Crippen molar-refractivity contribution in [2.75, 3.05) is 125 Å². The molecule has 0 fully saturated rings. The van der Waals surface area contributed by atoms with Gasteiger partial charge < -0.3 is 84.2 Å². The summed E-state index contributed by atoms with van der Waals surface area (Å²) in [6.07, 6.45) is 1.48. The van der Waals surface area contributed by atoms with Crippen LogP contribution in [0.4, 0.5) is 4.79 Å². The number of carbonyl (C=O) groups excluding carboxylic acids is 6. The molecule has 24 heteroatoms. The quantitative estimate of drug-likeness (QED) is 0.0365. The van der Waals surface area contributed by atoms with Gasteiger partial charge in [-0.2, -0.15) is 0 Å². The minimum absolute atomic E-state index is 0.00780. The Hall–Kier alpha value is -5.21. The van der Waals surface area contributed by atoms with Crippen molar-refractivity contribution in [3.8, 4) is 5.75 Å². The molecule has 0 saturated heterocycles. The van der Waals surface area contributed by atoms with Crippen LogP contribution in [-0.2, 0) is 76.1 Å². The van der Waals surface area contributed by atoms with Crippen molar-refractivity contribution in [3.63, 3.8) is 0 Å². The van der Waals surface area contributed by atoms with Gasteiger partial charge in [0, 0.05) is 44.8 Å². The summed E-state index contributed by atoms with van der Waals surface area (Å²) in [5.74, 6) is -3.39. The van der Waals surface area contributed by atoms with Crippen molar-refractivity contribution >= 4 is 41.7 Å². The van der Waals surface area contributed by atoms with Crippen LogP contribution in [0.2, 0.25) is 0 Å². The monoisotopic (exact) mass is 1070 g/mol. The Kier molecular flexibility index (Phi) is 37.1. The third-order valence-electron chi connectivity index (χ3n) is 9.93. The number of esters is 1. The molecule has 7 N–H and O–H groups in total. The molecule has 0 aliphatic rings. The summed E-state index contributed by atoms with van der Waals surface area (Å²) in [7, 11) is 0. The fraction of sp³-hybridized carbons (Fsp3) is 0.745. The summed E-state index contributed by atoms with van der Waals surface area (Å²) in [6, 6.07) is 3.68. The molecule has 430 valence electrons. The van der Waals surface area contributed by atoms with E-state index in [1.807, 2.05) is 27.7 Å². The molecule has 24 nitrogen and oxygen atoms in total. The lowest BCUT2D eigenvalue weighted by molar-refractivity contribution is -0.155. The third kappa shape index (κ3) is 39.8.